The van der Waals surface area contributed by atoms with Crippen molar-refractivity contribution < 1.29 is 78.1 Å². The molecular formula is C29H55N3O16. The van der Waals surface area contributed by atoms with Crippen LogP contribution in [0.25, 0.3) is 0 Å². The second kappa shape index (κ2) is 23.7. The molecule has 282 valence electrons. The molecule has 0 aliphatic carbocycles. The summed E-state index contributed by atoms with van der Waals surface area (Å²) in [6.07, 6.45) is -9.73. The number of amides is 2. The Labute approximate surface area is 280 Å². The molecule has 2 aliphatic heterocycles. The molecule has 0 saturated carbocycles. The van der Waals surface area contributed by atoms with Crippen LogP contribution in [0.3, 0.4) is 0 Å². The van der Waals surface area contributed by atoms with Crippen molar-refractivity contribution >= 4 is 11.8 Å². The Balaban J connectivity index is 1.44. The third-order valence-electron chi connectivity index (χ3n) is 7.50. The summed E-state index contributed by atoms with van der Waals surface area (Å²) in [6.45, 7) is 5.73. The van der Waals surface area contributed by atoms with Crippen LogP contribution in [-0.2, 0) is 47.5 Å². The van der Waals surface area contributed by atoms with Crippen molar-refractivity contribution in [3.05, 3.63) is 0 Å². The van der Waals surface area contributed by atoms with E-state index in [0.717, 1.165) is 0 Å². The van der Waals surface area contributed by atoms with E-state index in [1.165, 1.54) is 13.8 Å². The number of aliphatic hydroxyl groups is 6. The van der Waals surface area contributed by atoms with Crippen LogP contribution < -0.4 is 10.6 Å². The topological polar surface area (TPSA) is 257 Å². The molecule has 2 heterocycles. The van der Waals surface area contributed by atoms with Crippen LogP contribution >= 0.6 is 0 Å². The van der Waals surface area contributed by atoms with Crippen molar-refractivity contribution in [1.29, 1.82) is 0 Å². The summed E-state index contributed by atoms with van der Waals surface area (Å²) in [5, 5.41) is 64.3. The van der Waals surface area contributed by atoms with E-state index in [1.807, 2.05) is 11.9 Å². The zero-order valence-corrected chi connectivity index (χ0v) is 27.9. The quantitative estimate of drug-likeness (QED) is 0.0438. The van der Waals surface area contributed by atoms with Crippen LogP contribution in [0.15, 0.2) is 0 Å². The molecule has 2 rings (SSSR count). The number of nitrogens with one attached hydrogen (secondary N) is 2. The Morgan fingerprint density at radius 1 is 0.583 bits per heavy atom. The van der Waals surface area contributed by atoms with Gasteiger partial charge in [-0.2, -0.15) is 0 Å². The largest absolute Gasteiger partial charge is 0.394 e. The highest BCUT2D eigenvalue weighted by Gasteiger charge is 2.46. The van der Waals surface area contributed by atoms with E-state index in [9.17, 15) is 40.2 Å². The lowest BCUT2D eigenvalue weighted by Crippen LogP contribution is -2.64. The van der Waals surface area contributed by atoms with Crippen LogP contribution in [0, 0.1) is 0 Å². The number of rotatable bonds is 24. The van der Waals surface area contributed by atoms with Crippen LogP contribution in [0.1, 0.15) is 13.8 Å². The minimum absolute atomic E-state index is 0.0850. The zero-order valence-electron chi connectivity index (χ0n) is 27.9. The van der Waals surface area contributed by atoms with Gasteiger partial charge in [0.15, 0.2) is 12.6 Å². The normalized spacial score (nSPS) is 30.8. The third-order valence-corrected chi connectivity index (χ3v) is 7.50. The number of nitrogens with zero attached hydrogens (tertiary/aromatic N) is 1. The molecule has 0 bridgehead atoms. The summed E-state index contributed by atoms with van der Waals surface area (Å²) >= 11 is 0. The van der Waals surface area contributed by atoms with E-state index in [0.29, 0.717) is 52.7 Å². The summed E-state index contributed by atoms with van der Waals surface area (Å²) < 4.78 is 44.3. The van der Waals surface area contributed by atoms with Gasteiger partial charge in [-0.3, -0.25) is 9.59 Å². The van der Waals surface area contributed by atoms with Crippen molar-refractivity contribution in [2.24, 2.45) is 0 Å². The maximum absolute atomic E-state index is 11.5. The van der Waals surface area contributed by atoms with Gasteiger partial charge in [0.25, 0.3) is 0 Å². The molecule has 2 aliphatic rings. The molecule has 0 aromatic rings. The van der Waals surface area contributed by atoms with Gasteiger partial charge >= 0.3 is 0 Å². The van der Waals surface area contributed by atoms with Gasteiger partial charge < -0.3 is 84.1 Å². The second-order valence-electron chi connectivity index (χ2n) is 11.4. The number of hydrogen-bond donors (Lipinski definition) is 8. The van der Waals surface area contributed by atoms with E-state index >= 15 is 0 Å². The first kappa shape index (κ1) is 42.5. The number of ether oxygens (including phenoxy) is 8. The minimum atomic E-state index is -1.38. The molecule has 2 amide bonds. The molecule has 8 N–H and O–H groups in total. The van der Waals surface area contributed by atoms with E-state index in [-0.39, 0.29) is 26.4 Å². The molecule has 19 heteroatoms. The summed E-state index contributed by atoms with van der Waals surface area (Å²) in [5.74, 6) is -0.863. The van der Waals surface area contributed by atoms with Crippen molar-refractivity contribution in [3.63, 3.8) is 0 Å². The van der Waals surface area contributed by atoms with Gasteiger partial charge in [-0.15, -0.1) is 0 Å². The first-order valence-electron chi connectivity index (χ1n) is 16.0. The van der Waals surface area contributed by atoms with Crippen molar-refractivity contribution in [2.45, 2.75) is 75.1 Å². The van der Waals surface area contributed by atoms with Crippen molar-refractivity contribution in [2.75, 3.05) is 99.4 Å². The fraction of sp³-hybridized carbons (Fsp3) is 0.931. The molecule has 0 aromatic heterocycles. The predicted molar refractivity (Wildman–Crippen MR) is 163 cm³/mol. The summed E-state index contributed by atoms with van der Waals surface area (Å²) in [6, 6.07) is -2.01. The summed E-state index contributed by atoms with van der Waals surface area (Å²) in [4.78, 5) is 25.0. The van der Waals surface area contributed by atoms with E-state index in [4.69, 9.17) is 37.9 Å². The molecule has 4 unspecified atom stereocenters. The van der Waals surface area contributed by atoms with Gasteiger partial charge in [0.1, 0.15) is 48.7 Å². The van der Waals surface area contributed by atoms with Gasteiger partial charge in [-0.1, -0.05) is 0 Å². The Morgan fingerprint density at radius 2 is 0.917 bits per heavy atom. The molecule has 48 heavy (non-hydrogen) atoms. The first-order chi connectivity index (χ1) is 23.0. The molecule has 2 fully saturated rings. The standard InChI is InChI=1S/C29H55N3O16/c1-18(35)30-22-26(39)24(37)20(16-33)47-28(22)45-14-12-43-10-8-41-6-4-32(3)5-7-42-9-11-44-13-15-46-29-23(31-19(2)36)27(40)25(38)21(17-34)48-29/h20-29,33-34,37-40H,4-17H2,1-3H3,(H,30,35)(H,31,36)/t20?,21?,22?,23?,24-,25-,26+,27+,28+,29+/m0/s1. The summed E-state index contributed by atoms with van der Waals surface area (Å²) in [7, 11) is 1.94. The third kappa shape index (κ3) is 15.1. The highest BCUT2D eigenvalue weighted by molar-refractivity contribution is 5.73. The van der Waals surface area contributed by atoms with Crippen LogP contribution in [0.2, 0.25) is 0 Å². The molecule has 2 saturated heterocycles. The summed E-state index contributed by atoms with van der Waals surface area (Å²) in [5.41, 5.74) is 0. The van der Waals surface area contributed by atoms with E-state index in [1.54, 1.807) is 0 Å². The van der Waals surface area contributed by atoms with Crippen molar-refractivity contribution in [1.82, 2.24) is 15.5 Å². The van der Waals surface area contributed by atoms with Gasteiger partial charge in [-0.25, -0.2) is 0 Å². The maximum Gasteiger partial charge on any atom is 0.217 e. The van der Waals surface area contributed by atoms with Gasteiger partial charge in [0.05, 0.1) is 79.3 Å². The second-order valence-corrected chi connectivity index (χ2v) is 11.4. The number of carbonyl (C=O) groups excluding carboxylic acids is 2. The molecule has 0 radical (unpaired) electrons. The van der Waals surface area contributed by atoms with Gasteiger partial charge in [-0.05, 0) is 7.05 Å². The lowest BCUT2D eigenvalue weighted by Gasteiger charge is -2.42. The fourth-order valence-corrected chi connectivity index (χ4v) is 4.87. The number of likely N-dealkylation sites (N-methyl/N-ethyl adjacent to an activating group) is 1. The average Bonchev–Trinajstić information content (AvgIpc) is 3.05. The highest BCUT2D eigenvalue weighted by Crippen LogP contribution is 2.23. The van der Waals surface area contributed by atoms with Gasteiger partial charge in [0, 0.05) is 26.9 Å². The van der Waals surface area contributed by atoms with Crippen LogP contribution in [0.4, 0.5) is 0 Å². The van der Waals surface area contributed by atoms with E-state index in [2.05, 4.69) is 10.6 Å². The van der Waals surface area contributed by atoms with Crippen LogP contribution in [0.5, 0.6) is 0 Å². The highest BCUT2D eigenvalue weighted by atomic mass is 16.7. The number of aliphatic hydroxyl groups excluding tert-OH is 6. The van der Waals surface area contributed by atoms with Gasteiger partial charge in [0.2, 0.25) is 11.8 Å². The smallest absolute Gasteiger partial charge is 0.217 e. The predicted octanol–water partition coefficient (Wildman–Crippen LogP) is -5.09. The van der Waals surface area contributed by atoms with Crippen LogP contribution in [-0.4, -0.2) is 208 Å². The van der Waals surface area contributed by atoms with Crippen molar-refractivity contribution in [3.8, 4) is 0 Å². The number of carbonyl (C=O) groups is 2. The molecule has 0 spiro atoms. The Kier molecular flexibility index (Phi) is 21.0. The maximum atomic E-state index is 11.5. The first-order valence-corrected chi connectivity index (χ1v) is 16.0. The molecule has 10 atom stereocenters. The average molecular weight is 702 g/mol. The Hall–Kier alpha value is -1.66. The zero-order chi connectivity index (χ0) is 35.5. The molecule has 19 nitrogen and oxygen atoms in total. The Bertz CT molecular complexity index is 825. The Morgan fingerprint density at radius 3 is 1.25 bits per heavy atom. The van der Waals surface area contributed by atoms with E-state index < -0.39 is 86.3 Å². The fourth-order valence-electron chi connectivity index (χ4n) is 4.87. The monoisotopic (exact) mass is 701 g/mol. The lowest BCUT2D eigenvalue weighted by molar-refractivity contribution is -0.272. The number of hydrogen-bond acceptors (Lipinski definition) is 17. The molecular weight excluding hydrogens is 646 g/mol. The lowest BCUT2D eigenvalue weighted by atomic mass is 9.97. The molecule has 0 aromatic carbocycles. The SMILES string of the molecule is CC(=O)NC1[C@H](OCCOCCOCCN(C)CCOCCOCCO[C@@H]2OC(CO)[C@H](O)[C@H](O)C2NC(C)=O)OC(CO)[C@H](O)[C@@H]1O. The minimum Gasteiger partial charge on any atom is -0.394 e.